The van der Waals surface area contributed by atoms with E-state index in [9.17, 15) is 9.59 Å². The molecule has 0 aromatic carbocycles. The Morgan fingerprint density at radius 3 is 2.59 bits per heavy atom. The summed E-state index contributed by atoms with van der Waals surface area (Å²) in [4.78, 5) is 33.2. The lowest BCUT2D eigenvalue weighted by molar-refractivity contribution is -0.148. The number of nitrogens with zero attached hydrogens (tertiary/aromatic N) is 3. The van der Waals surface area contributed by atoms with Crippen LogP contribution in [0.15, 0.2) is 18.5 Å². The Labute approximate surface area is 99.1 Å². The van der Waals surface area contributed by atoms with E-state index in [2.05, 4.69) is 15.3 Å². The smallest absolute Gasteiger partial charge is 0.245 e. The third-order valence-corrected chi connectivity index (χ3v) is 2.79. The van der Waals surface area contributed by atoms with E-state index in [-0.39, 0.29) is 18.4 Å². The van der Waals surface area contributed by atoms with Crippen LogP contribution in [-0.2, 0) is 16.1 Å². The van der Waals surface area contributed by atoms with Gasteiger partial charge < -0.3 is 10.2 Å². The average molecular weight is 234 g/mol. The molecule has 2 unspecified atom stereocenters. The zero-order valence-electron chi connectivity index (χ0n) is 9.75. The summed E-state index contributed by atoms with van der Waals surface area (Å²) in [5.41, 5.74) is 0. The van der Waals surface area contributed by atoms with Crippen molar-refractivity contribution in [2.45, 2.75) is 32.5 Å². The van der Waals surface area contributed by atoms with Crippen molar-refractivity contribution in [3.8, 4) is 0 Å². The second kappa shape index (κ2) is 4.48. The molecule has 0 aliphatic carbocycles. The summed E-state index contributed by atoms with van der Waals surface area (Å²) in [5, 5.41) is 2.62. The number of aromatic nitrogens is 2. The minimum atomic E-state index is -0.484. The number of carbonyl (C=O) groups excluding carboxylic acids is 2. The van der Waals surface area contributed by atoms with Gasteiger partial charge in [0.25, 0.3) is 0 Å². The Morgan fingerprint density at radius 1 is 1.29 bits per heavy atom. The SMILES string of the molecule is CC1NC(=O)C(C)N(Cc2ncccn2)C1=O. The average Bonchev–Trinajstić information content (AvgIpc) is 2.33. The lowest BCUT2D eigenvalue weighted by Crippen LogP contribution is -2.61. The van der Waals surface area contributed by atoms with Gasteiger partial charge in [0.1, 0.15) is 17.9 Å². The highest BCUT2D eigenvalue weighted by Gasteiger charge is 2.35. The molecule has 1 N–H and O–H groups in total. The molecule has 90 valence electrons. The standard InChI is InChI=1S/C11H14N4O2/c1-7-11(17)15(8(2)10(16)14-7)6-9-12-4-3-5-13-9/h3-5,7-8H,6H2,1-2H3,(H,14,16). The highest BCUT2D eigenvalue weighted by atomic mass is 16.2. The molecule has 2 heterocycles. The molecule has 1 saturated heterocycles. The maximum atomic E-state index is 11.9. The lowest BCUT2D eigenvalue weighted by atomic mass is 10.1. The van der Waals surface area contributed by atoms with Crippen molar-refractivity contribution in [2.24, 2.45) is 0 Å². The first-order valence-corrected chi connectivity index (χ1v) is 5.46. The molecule has 6 nitrogen and oxygen atoms in total. The van der Waals surface area contributed by atoms with Crippen LogP contribution in [0.4, 0.5) is 0 Å². The summed E-state index contributed by atoms with van der Waals surface area (Å²) in [6.45, 7) is 3.63. The van der Waals surface area contributed by atoms with Crippen molar-refractivity contribution in [1.29, 1.82) is 0 Å². The van der Waals surface area contributed by atoms with E-state index < -0.39 is 12.1 Å². The first-order chi connectivity index (χ1) is 8.09. The van der Waals surface area contributed by atoms with Gasteiger partial charge in [-0.3, -0.25) is 9.59 Å². The van der Waals surface area contributed by atoms with Crippen LogP contribution in [0, 0.1) is 0 Å². The third-order valence-electron chi connectivity index (χ3n) is 2.79. The Hall–Kier alpha value is -1.98. The van der Waals surface area contributed by atoms with Crippen LogP contribution < -0.4 is 5.32 Å². The number of carbonyl (C=O) groups is 2. The molecular formula is C11H14N4O2. The van der Waals surface area contributed by atoms with Crippen LogP contribution in [0.2, 0.25) is 0 Å². The molecule has 0 saturated carbocycles. The molecule has 0 spiro atoms. The van der Waals surface area contributed by atoms with Gasteiger partial charge >= 0.3 is 0 Å². The van der Waals surface area contributed by atoms with Crippen LogP contribution >= 0.6 is 0 Å². The summed E-state index contributed by atoms with van der Waals surface area (Å²) >= 11 is 0. The number of piperazine rings is 1. The third kappa shape index (κ3) is 2.25. The molecule has 2 atom stereocenters. The van der Waals surface area contributed by atoms with Crippen molar-refractivity contribution in [2.75, 3.05) is 0 Å². The number of nitrogens with one attached hydrogen (secondary N) is 1. The fourth-order valence-corrected chi connectivity index (χ4v) is 1.76. The van der Waals surface area contributed by atoms with Gasteiger partial charge in [0.05, 0.1) is 6.54 Å². The van der Waals surface area contributed by atoms with Gasteiger partial charge in [-0.2, -0.15) is 0 Å². The van der Waals surface area contributed by atoms with Crippen LogP contribution in [0.5, 0.6) is 0 Å². The van der Waals surface area contributed by atoms with Crippen molar-refractivity contribution in [1.82, 2.24) is 20.2 Å². The molecule has 2 amide bonds. The zero-order chi connectivity index (χ0) is 12.4. The van der Waals surface area contributed by atoms with Crippen LogP contribution in [0.25, 0.3) is 0 Å². The van der Waals surface area contributed by atoms with Crippen molar-refractivity contribution < 1.29 is 9.59 Å². The van der Waals surface area contributed by atoms with Crippen LogP contribution in [0.1, 0.15) is 19.7 Å². The quantitative estimate of drug-likeness (QED) is 0.763. The van der Waals surface area contributed by atoms with E-state index >= 15 is 0 Å². The molecule has 1 aliphatic heterocycles. The predicted molar refractivity (Wildman–Crippen MR) is 59.6 cm³/mol. The molecule has 0 radical (unpaired) electrons. The molecule has 1 aromatic heterocycles. The number of rotatable bonds is 2. The minimum absolute atomic E-state index is 0.107. The van der Waals surface area contributed by atoms with Crippen LogP contribution in [0.3, 0.4) is 0 Å². The first kappa shape index (κ1) is 11.5. The number of amides is 2. The van der Waals surface area contributed by atoms with E-state index in [0.29, 0.717) is 5.82 Å². The molecule has 17 heavy (non-hydrogen) atoms. The molecule has 1 fully saturated rings. The normalized spacial score (nSPS) is 24.7. The zero-order valence-corrected chi connectivity index (χ0v) is 9.75. The van der Waals surface area contributed by atoms with E-state index in [1.165, 1.54) is 4.90 Å². The number of hydrogen-bond acceptors (Lipinski definition) is 4. The largest absolute Gasteiger partial charge is 0.343 e. The van der Waals surface area contributed by atoms with Crippen molar-refractivity contribution >= 4 is 11.8 Å². The van der Waals surface area contributed by atoms with Gasteiger partial charge in [0.15, 0.2) is 0 Å². The molecular weight excluding hydrogens is 220 g/mol. The fourth-order valence-electron chi connectivity index (χ4n) is 1.76. The molecule has 1 aliphatic rings. The minimum Gasteiger partial charge on any atom is -0.343 e. The molecule has 1 aromatic rings. The monoisotopic (exact) mass is 234 g/mol. The van der Waals surface area contributed by atoms with Gasteiger partial charge in [-0.15, -0.1) is 0 Å². The van der Waals surface area contributed by atoms with Gasteiger partial charge in [-0.25, -0.2) is 9.97 Å². The Bertz CT molecular complexity index is 434. The Kier molecular flexibility index (Phi) is 3.03. The summed E-state index contributed by atoms with van der Waals surface area (Å²) in [6.07, 6.45) is 3.23. The van der Waals surface area contributed by atoms with Crippen molar-refractivity contribution in [3.63, 3.8) is 0 Å². The highest BCUT2D eigenvalue weighted by Crippen LogP contribution is 2.12. The van der Waals surface area contributed by atoms with Gasteiger partial charge in [0.2, 0.25) is 11.8 Å². The Morgan fingerprint density at radius 2 is 1.94 bits per heavy atom. The second-order valence-corrected chi connectivity index (χ2v) is 4.04. The summed E-state index contributed by atoms with van der Waals surface area (Å²) in [7, 11) is 0. The molecule has 6 heteroatoms. The lowest BCUT2D eigenvalue weighted by Gasteiger charge is -2.35. The number of hydrogen-bond donors (Lipinski definition) is 1. The topological polar surface area (TPSA) is 75.2 Å². The second-order valence-electron chi connectivity index (χ2n) is 4.04. The maximum Gasteiger partial charge on any atom is 0.245 e. The fraction of sp³-hybridized carbons (Fsp3) is 0.455. The Balaban J connectivity index is 2.18. The summed E-state index contributed by atoms with van der Waals surface area (Å²) < 4.78 is 0. The van der Waals surface area contributed by atoms with E-state index in [4.69, 9.17) is 0 Å². The maximum absolute atomic E-state index is 11.9. The van der Waals surface area contributed by atoms with Gasteiger partial charge in [0, 0.05) is 12.4 Å². The molecule has 2 rings (SSSR count). The van der Waals surface area contributed by atoms with Gasteiger partial charge in [-0.1, -0.05) is 0 Å². The van der Waals surface area contributed by atoms with Crippen molar-refractivity contribution in [3.05, 3.63) is 24.3 Å². The first-order valence-electron chi connectivity index (χ1n) is 5.46. The summed E-state index contributed by atoms with van der Waals surface area (Å²) in [6, 6.07) is 0.741. The van der Waals surface area contributed by atoms with E-state index in [1.54, 1.807) is 32.3 Å². The van der Waals surface area contributed by atoms with E-state index in [1.807, 2.05) is 0 Å². The van der Waals surface area contributed by atoms with E-state index in [0.717, 1.165) is 0 Å². The highest BCUT2D eigenvalue weighted by molar-refractivity contribution is 5.96. The predicted octanol–water partition coefficient (Wildman–Crippen LogP) is -0.288. The summed E-state index contributed by atoms with van der Waals surface area (Å²) in [5.74, 6) is 0.284. The van der Waals surface area contributed by atoms with Crippen LogP contribution in [-0.4, -0.2) is 38.8 Å². The van der Waals surface area contributed by atoms with Gasteiger partial charge in [-0.05, 0) is 19.9 Å². The molecule has 0 bridgehead atoms.